The van der Waals surface area contributed by atoms with Gasteiger partial charge < -0.3 is 10.7 Å². The first-order valence-electron chi connectivity index (χ1n) is 4.01. The van der Waals surface area contributed by atoms with Gasteiger partial charge in [-0.15, -0.1) is 6.58 Å². The Labute approximate surface area is 85.3 Å². The van der Waals surface area contributed by atoms with E-state index in [1.165, 1.54) is 6.33 Å². The largest absolute Gasteiger partial charge is 0.361 e. The van der Waals surface area contributed by atoms with Crippen LogP contribution in [0.1, 0.15) is 0 Å². The van der Waals surface area contributed by atoms with E-state index < -0.39 is 4.92 Å². The molecule has 80 valence electrons. The summed E-state index contributed by atoms with van der Waals surface area (Å²) in [6.45, 7) is 3.84. The molecule has 0 atom stereocenters. The van der Waals surface area contributed by atoms with Crippen LogP contribution in [-0.4, -0.2) is 21.4 Å². The molecule has 0 saturated carbocycles. The SMILES string of the molecule is C=CCNc1ncnc(NN)c1[N+](=O)[O-]. The molecule has 0 saturated heterocycles. The first-order chi connectivity index (χ1) is 7.20. The van der Waals surface area contributed by atoms with Crippen molar-refractivity contribution in [3.63, 3.8) is 0 Å². The third-order valence-electron chi connectivity index (χ3n) is 1.56. The maximum atomic E-state index is 10.7. The number of hydrazine groups is 1. The van der Waals surface area contributed by atoms with E-state index in [2.05, 4.69) is 27.3 Å². The Morgan fingerprint density at radius 2 is 2.27 bits per heavy atom. The maximum Gasteiger partial charge on any atom is 0.354 e. The summed E-state index contributed by atoms with van der Waals surface area (Å²) in [7, 11) is 0. The monoisotopic (exact) mass is 210 g/mol. The number of hydrogen-bond donors (Lipinski definition) is 3. The van der Waals surface area contributed by atoms with Crippen LogP contribution < -0.4 is 16.6 Å². The van der Waals surface area contributed by atoms with Crippen LogP contribution in [0.25, 0.3) is 0 Å². The molecule has 8 heteroatoms. The quantitative estimate of drug-likeness (QED) is 0.276. The number of anilines is 2. The average molecular weight is 210 g/mol. The lowest BCUT2D eigenvalue weighted by molar-refractivity contribution is -0.383. The molecule has 8 nitrogen and oxygen atoms in total. The summed E-state index contributed by atoms with van der Waals surface area (Å²) in [6.07, 6.45) is 2.73. The van der Waals surface area contributed by atoms with Crippen molar-refractivity contribution < 1.29 is 4.92 Å². The zero-order valence-electron chi connectivity index (χ0n) is 7.80. The summed E-state index contributed by atoms with van der Waals surface area (Å²) < 4.78 is 0. The molecule has 0 spiro atoms. The van der Waals surface area contributed by atoms with E-state index in [9.17, 15) is 10.1 Å². The number of nitrogen functional groups attached to an aromatic ring is 1. The highest BCUT2D eigenvalue weighted by Crippen LogP contribution is 2.27. The topological polar surface area (TPSA) is 119 Å². The maximum absolute atomic E-state index is 10.7. The number of nitrogens with one attached hydrogen (secondary N) is 2. The Morgan fingerprint density at radius 3 is 2.80 bits per heavy atom. The van der Waals surface area contributed by atoms with E-state index in [0.29, 0.717) is 6.54 Å². The van der Waals surface area contributed by atoms with Gasteiger partial charge in [-0.3, -0.25) is 10.1 Å². The highest BCUT2D eigenvalue weighted by Gasteiger charge is 2.21. The lowest BCUT2D eigenvalue weighted by Gasteiger charge is -2.05. The molecule has 0 unspecified atom stereocenters. The first kappa shape index (κ1) is 10.9. The fraction of sp³-hybridized carbons (Fsp3) is 0.143. The lowest BCUT2D eigenvalue weighted by Crippen LogP contribution is -2.13. The molecule has 0 aliphatic rings. The Hall–Kier alpha value is -2.22. The molecule has 0 aromatic carbocycles. The van der Waals surface area contributed by atoms with Crippen molar-refractivity contribution in [3.8, 4) is 0 Å². The van der Waals surface area contributed by atoms with Gasteiger partial charge in [-0.25, -0.2) is 15.8 Å². The first-order valence-corrected chi connectivity index (χ1v) is 4.01. The Morgan fingerprint density at radius 1 is 1.60 bits per heavy atom. The third-order valence-corrected chi connectivity index (χ3v) is 1.56. The fourth-order valence-electron chi connectivity index (χ4n) is 0.956. The Balaban J connectivity index is 3.12. The average Bonchev–Trinajstić information content (AvgIpc) is 2.25. The number of aromatic nitrogens is 2. The second kappa shape index (κ2) is 4.86. The molecule has 1 aromatic heterocycles. The highest BCUT2D eigenvalue weighted by molar-refractivity contribution is 5.68. The molecule has 1 heterocycles. The molecule has 15 heavy (non-hydrogen) atoms. The summed E-state index contributed by atoms with van der Waals surface area (Å²) in [5, 5.41) is 13.4. The van der Waals surface area contributed by atoms with E-state index >= 15 is 0 Å². The van der Waals surface area contributed by atoms with Crippen LogP contribution in [0, 0.1) is 10.1 Å². The van der Waals surface area contributed by atoms with Crippen LogP contribution >= 0.6 is 0 Å². The molecule has 1 aromatic rings. The minimum atomic E-state index is -0.611. The minimum Gasteiger partial charge on any atom is -0.361 e. The molecule has 0 radical (unpaired) electrons. The molecular formula is C7H10N6O2. The molecule has 0 amide bonds. The highest BCUT2D eigenvalue weighted by atomic mass is 16.6. The fourth-order valence-corrected chi connectivity index (χ4v) is 0.956. The molecule has 0 bridgehead atoms. The summed E-state index contributed by atoms with van der Waals surface area (Å²) in [4.78, 5) is 17.5. The lowest BCUT2D eigenvalue weighted by atomic mass is 10.4. The number of nitrogens with two attached hydrogens (primary N) is 1. The number of nitro groups is 1. The summed E-state index contributed by atoms with van der Waals surface area (Å²) >= 11 is 0. The van der Waals surface area contributed by atoms with Crippen LogP contribution in [0.15, 0.2) is 19.0 Å². The van der Waals surface area contributed by atoms with Crippen LogP contribution in [0.3, 0.4) is 0 Å². The molecule has 0 aliphatic heterocycles. The van der Waals surface area contributed by atoms with E-state index in [-0.39, 0.29) is 17.3 Å². The van der Waals surface area contributed by atoms with Crippen LogP contribution in [0.2, 0.25) is 0 Å². The minimum absolute atomic E-state index is 0.0402. The Kier molecular flexibility index (Phi) is 3.52. The van der Waals surface area contributed by atoms with Gasteiger partial charge in [0.05, 0.1) is 4.92 Å². The van der Waals surface area contributed by atoms with Gasteiger partial charge in [0.25, 0.3) is 0 Å². The third kappa shape index (κ3) is 2.38. The van der Waals surface area contributed by atoms with Crippen molar-refractivity contribution in [1.29, 1.82) is 0 Å². The van der Waals surface area contributed by atoms with E-state index in [1.807, 2.05) is 0 Å². The standard InChI is InChI=1S/C7H10N6O2/c1-2-3-9-6-5(13(14)15)7(12-8)11-4-10-6/h2,4H,1,3,8H2,(H2,9,10,11,12). The van der Waals surface area contributed by atoms with Crippen molar-refractivity contribution in [2.24, 2.45) is 5.84 Å². The van der Waals surface area contributed by atoms with Gasteiger partial charge >= 0.3 is 5.69 Å². The molecular weight excluding hydrogens is 200 g/mol. The van der Waals surface area contributed by atoms with Gasteiger partial charge in [0, 0.05) is 6.54 Å². The van der Waals surface area contributed by atoms with Gasteiger partial charge in [-0.1, -0.05) is 6.08 Å². The number of rotatable bonds is 5. The predicted molar refractivity (Wildman–Crippen MR) is 55.2 cm³/mol. The number of nitrogens with zero attached hydrogens (tertiary/aromatic N) is 3. The van der Waals surface area contributed by atoms with Crippen molar-refractivity contribution in [2.45, 2.75) is 0 Å². The molecule has 0 fully saturated rings. The predicted octanol–water partition coefficient (Wildman–Crippen LogP) is 0.268. The smallest absolute Gasteiger partial charge is 0.354 e. The van der Waals surface area contributed by atoms with Gasteiger partial charge in [-0.2, -0.15) is 0 Å². The zero-order valence-corrected chi connectivity index (χ0v) is 7.80. The van der Waals surface area contributed by atoms with Gasteiger partial charge in [-0.05, 0) is 0 Å². The molecule has 1 rings (SSSR count). The van der Waals surface area contributed by atoms with Crippen LogP contribution in [0.5, 0.6) is 0 Å². The van der Waals surface area contributed by atoms with E-state index in [0.717, 1.165) is 0 Å². The second-order valence-electron chi connectivity index (χ2n) is 2.49. The van der Waals surface area contributed by atoms with Gasteiger partial charge in [0.1, 0.15) is 6.33 Å². The van der Waals surface area contributed by atoms with Crippen LogP contribution in [-0.2, 0) is 0 Å². The van der Waals surface area contributed by atoms with E-state index in [4.69, 9.17) is 5.84 Å². The summed E-state index contributed by atoms with van der Waals surface area (Å²) in [5.41, 5.74) is 1.85. The van der Waals surface area contributed by atoms with E-state index in [1.54, 1.807) is 6.08 Å². The van der Waals surface area contributed by atoms with Crippen molar-refractivity contribution in [3.05, 3.63) is 29.1 Å². The second-order valence-corrected chi connectivity index (χ2v) is 2.49. The van der Waals surface area contributed by atoms with Crippen molar-refractivity contribution in [1.82, 2.24) is 9.97 Å². The molecule has 4 N–H and O–H groups in total. The van der Waals surface area contributed by atoms with Crippen molar-refractivity contribution in [2.75, 3.05) is 17.3 Å². The summed E-state index contributed by atoms with van der Waals surface area (Å²) in [5.74, 6) is 5.15. The Bertz CT molecular complexity index is 380. The summed E-state index contributed by atoms with van der Waals surface area (Å²) in [6, 6.07) is 0. The van der Waals surface area contributed by atoms with Crippen LogP contribution in [0.4, 0.5) is 17.3 Å². The normalized spacial score (nSPS) is 9.40. The zero-order chi connectivity index (χ0) is 11.3. The molecule has 0 aliphatic carbocycles. The number of hydrogen-bond acceptors (Lipinski definition) is 7. The van der Waals surface area contributed by atoms with Gasteiger partial charge in [0.15, 0.2) is 0 Å². The van der Waals surface area contributed by atoms with Gasteiger partial charge in [0.2, 0.25) is 11.6 Å². The van der Waals surface area contributed by atoms with Crippen molar-refractivity contribution >= 4 is 17.3 Å².